The predicted octanol–water partition coefficient (Wildman–Crippen LogP) is 4.97. The van der Waals surface area contributed by atoms with Crippen molar-refractivity contribution < 1.29 is 13.9 Å². The average Bonchev–Trinajstić information content (AvgIpc) is 3.38. The van der Waals surface area contributed by atoms with Crippen LogP contribution in [0.2, 0.25) is 0 Å². The van der Waals surface area contributed by atoms with E-state index in [-0.39, 0.29) is 11.7 Å². The van der Waals surface area contributed by atoms with E-state index in [9.17, 15) is 4.79 Å². The lowest BCUT2D eigenvalue weighted by atomic mass is 10.1. The minimum atomic E-state index is -0.313. The number of aryl methyl sites for hydroxylation is 1. The number of ether oxygens (including phenoxy) is 1. The van der Waals surface area contributed by atoms with Gasteiger partial charge in [-0.2, -0.15) is 0 Å². The zero-order valence-electron chi connectivity index (χ0n) is 15.9. The molecule has 6 nitrogen and oxygen atoms in total. The Morgan fingerprint density at radius 1 is 1.21 bits per heavy atom. The lowest BCUT2D eigenvalue weighted by molar-refractivity contribution is 0.0998. The quantitative estimate of drug-likeness (QED) is 0.538. The smallest absolute Gasteiger partial charge is 0.291 e. The molecule has 1 amide bonds. The first-order valence-corrected chi connectivity index (χ1v) is 9.43. The maximum atomic E-state index is 12.7. The van der Waals surface area contributed by atoms with Crippen LogP contribution in [0, 0.1) is 0 Å². The number of para-hydroxylation sites is 1. The van der Waals surface area contributed by atoms with Gasteiger partial charge in [0.2, 0.25) is 0 Å². The first-order chi connectivity index (χ1) is 14.2. The fourth-order valence-electron chi connectivity index (χ4n) is 3.54. The number of fused-ring (bicyclic) bond motifs is 2. The molecule has 2 aromatic heterocycles. The highest BCUT2D eigenvalue weighted by atomic mass is 16.5. The summed E-state index contributed by atoms with van der Waals surface area (Å²) in [7, 11) is 1.58. The Balaban J connectivity index is 1.41. The van der Waals surface area contributed by atoms with E-state index in [0.29, 0.717) is 17.0 Å². The Morgan fingerprint density at radius 2 is 2.10 bits per heavy atom. The van der Waals surface area contributed by atoms with Crippen LogP contribution in [0.4, 0.5) is 5.69 Å². The SMILES string of the molecule is COc1cccc2cc(C(=O)Nc3cccc(-c4cn5c(n4)C=CCC5)c3)oc12. The highest BCUT2D eigenvalue weighted by molar-refractivity contribution is 6.05. The number of carbonyl (C=O) groups is 1. The minimum absolute atomic E-state index is 0.234. The van der Waals surface area contributed by atoms with Crippen molar-refractivity contribution in [3.05, 3.63) is 72.4 Å². The van der Waals surface area contributed by atoms with E-state index in [1.54, 1.807) is 19.2 Å². The maximum absolute atomic E-state index is 12.7. The van der Waals surface area contributed by atoms with Crippen molar-refractivity contribution in [3.8, 4) is 17.0 Å². The van der Waals surface area contributed by atoms with Crippen LogP contribution in [0.5, 0.6) is 5.75 Å². The van der Waals surface area contributed by atoms with Gasteiger partial charge in [-0.3, -0.25) is 4.79 Å². The van der Waals surface area contributed by atoms with Crippen molar-refractivity contribution in [1.29, 1.82) is 0 Å². The van der Waals surface area contributed by atoms with Gasteiger partial charge in [0, 0.05) is 29.4 Å². The standard InChI is InChI=1S/C23H19N3O3/c1-28-19-9-5-7-16-13-20(29-22(16)19)23(27)24-17-8-4-6-15(12-17)18-14-26-11-3-2-10-21(26)25-18/h2,4-10,12-14H,3,11H2,1H3,(H,24,27). The molecule has 2 aromatic carbocycles. The molecule has 0 bridgehead atoms. The van der Waals surface area contributed by atoms with Crippen LogP contribution >= 0.6 is 0 Å². The molecule has 29 heavy (non-hydrogen) atoms. The number of benzene rings is 2. The summed E-state index contributed by atoms with van der Waals surface area (Å²) in [6.45, 7) is 0.935. The molecule has 144 valence electrons. The predicted molar refractivity (Wildman–Crippen MR) is 112 cm³/mol. The number of hydrogen-bond acceptors (Lipinski definition) is 4. The Morgan fingerprint density at radius 3 is 2.97 bits per heavy atom. The number of nitrogens with zero attached hydrogens (tertiary/aromatic N) is 2. The largest absolute Gasteiger partial charge is 0.493 e. The molecule has 1 N–H and O–H groups in total. The van der Waals surface area contributed by atoms with Crippen LogP contribution in [0.3, 0.4) is 0 Å². The number of furan rings is 1. The third kappa shape index (κ3) is 3.18. The second kappa shape index (κ2) is 6.98. The molecule has 3 heterocycles. The van der Waals surface area contributed by atoms with Gasteiger partial charge in [-0.15, -0.1) is 0 Å². The number of hydrogen-bond donors (Lipinski definition) is 1. The highest BCUT2D eigenvalue weighted by Crippen LogP contribution is 2.29. The summed E-state index contributed by atoms with van der Waals surface area (Å²) < 4.78 is 13.2. The molecule has 0 saturated heterocycles. The minimum Gasteiger partial charge on any atom is -0.493 e. The van der Waals surface area contributed by atoms with Gasteiger partial charge in [0.25, 0.3) is 5.91 Å². The number of carbonyl (C=O) groups excluding carboxylic acids is 1. The average molecular weight is 385 g/mol. The van der Waals surface area contributed by atoms with Crippen LogP contribution in [0.15, 0.2) is 65.2 Å². The van der Waals surface area contributed by atoms with Crippen molar-refractivity contribution in [2.75, 3.05) is 12.4 Å². The van der Waals surface area contributed by atoms with Gasteiger partial charge >= 0.3 is 0 Å². The van der Waals surface area contributed by atoms with Gasteiger partial charge in [0.15, 0.2) is 17.1 Å². The molecule has 0 spiro atoms. The zero-order chi connectivity index (χ0) is 19.8. The topological polar surface area (TPSA) is 69.3 Å². The second-order valence-corrected chi connectivity index (χ2v) is 6.89. The fourth-order valence-corrected chi connectivity index (χ4v) is 3.54. The molecule has 6 heteroatoms. The Bertz CT molecular complexity index is 1250. The van der Waals surface area contributed by atoms with Gasteiger partial charge < -0.3 is 19.0 Å². The van der Waals surface area contributed by atoms with Gasteiger partial charge in [0.05, 0.1) is 12.8 Å². The van der Waals surface area contributed by atoms with Crippen LogP contribution in [-0.4, -0.2) is 22.6 Å². The number of amides is 1. The number of imidazole rings is 1. The van der Waals surface area contributed by atoms with E-state index >= 15 is 0 Å². The molecule has 0 saturated carbocycles. The molecule has 0 atom stereocenters. The van der Waals surface area contributed by atoms with Crippen molar-refractivity contribution in [2.24, 2.45) is 0 Å². The summed E-state index contributed by atoms with van der Waals surface area (Å²) in [6, 6.07) is 14.9. The summed E-state index contributed by atoms with van der Waals surface area (Å²) in [4.78, 5) is 17.4. The molecule has 5 rings (SSSR count). The molecule has 4 aromatic rings. The van der Waals surface area contributed by atoms with Gasteiger partial charge in [-0.1, -0.05) is 30.3 Å². The number of aromatic nitrogens is 2. The fraction of sp³-hybridized carbons (Fsp3) is 0.130. The number of rotatable bonds is 4. The van der Waals surface area contributed by atoms with Gasteiger partial charge in [-0.05, 0) is 36.8 Å². The molecule has 1 aliphatic rings. The molecule has 0 fully saturated rings. The van der Waals surface area contributed by atoms with Crippen molar-refractivity contribution in [1.82, 2.24) is 9.55 Å². The molecular weight excluding hydrogens is 366 g/mol. The normalized spacial score (nSPS) is 12.7. The van der Waals surface area contributed by atoms with Crippen LogP contribution < -0.4 is 10.1 Å². The lowest BCUT2D eigenvalue weighted by Crippen LogP contribution is -2.10. The summed E-state index contributed by atoms with van der Waals surface area (Å²) in [6.07, 6.45) is 7.23. The monoisotopic (exact) mass is 385 g/mol. The number of nitrogens with one attached hydrogen (secondary N) is 1. The summed E-state index contributed by atoms with van der Waals surface area (Å²) in [5.74, 6) is 1.48. The van der Waals surface area contributed by atoms with Crippen molar-refractivity contribution in [3.63, 3.8) is 0 Å². The summed E-state index contributed by atoms with van der Waals surface area (Å²) in [5.41, 5.74) is 3.08. The first kappa shape index (κ1) is 17.3. The van der Waals surface area contributed by atoms with E-state index in [4.69, 9.17) is 9.15 Å². The van der Waals surface area contributed by atoms with E-state index < -0.39 is 0 Å². The Kier molecular flexibility index (Phi) is 4.17. The zero-order valence-corrected chi connectivity index (χ0v) is 15.9. The van der Waals surface area contributed by atoms with Crippen LogP contribution in [0.25, 0.3) is 28.3 Å². The molecule has 0 unspecified atom stereocenters. The summed E-state index contributed by atoms with van der Waals surface area (Å²) in [5, 5.41) is 3.73. The third-order valence-corrected chi connectivity index (χ3v) is 4.98. The van der Waals surface area contributed by atoms with Gasteiger partial charge in [0.1, 0.15) is 5.82 Å². The Hall–Kier alpha value is -3.80. The molecule has 1 aliphatic heterocycles. The number of allylic oxidation sites excluding steroid dienone is 1. The maximum Gasteiger partial charge on any atom is 0.291 e. The highest BCUT2D eigenvalue weighted by Gasteiger charge is 2.16. The number of anilines is 1. The second-order valence-electron chi connectivity index (χ2n) is 6.89. The third-order valence-electron chi connectivity index (χ3n) is 4.98. The van der Waals surface area contributed by atoms with E-state index in [0.717, 1.165) is 35.4 Å². The first-order valence-electron chi connectivity index (χ1n) is 9.43. The van der Waals surface area contributed by atoms with Gasteiger partial charge in [-0.25, -0.2) is 4.98 Å². The van der Waals surface area contributed by atoms with Crippen molar-refractivity contribution >= 4 is 28.6 Å². The lowest BCUT2D eigenvalue weighted by Gasteiger charge is -2.06. The van der Waals surface area contributed by atoms with Crippen LogP contribution in [-0.2, 0) is 6.54 Å². The molecular formula is C23H19N3O3. The van der Waals surface area contributed by atoms with E-state index in [1.165, 1.54) is 0 Å². The van der Waals surface area contributed by atoms with E-state index in [2.05, 4.69) is 20.9 Å². The Labute approximate surface area is 167 Å². The van der Waals surface area contributed by atoms with Crippen LogP contribution in [0.1, 0.15) is 22.8 Å². The summed E-state index contributed by atoms with van der Waals surface area (Å²) >= 11 is 0. The van der Waals surface area contributed by atoms with E-state index in [1.807, 2.05) is 48.7 Å². The number of methoxy groups -OCH3 is 1. The molecule has 0 aliphatic carbocycles. The van der Waals surface area contributed by atoms with Crippen molar-refractivity contribution in [2.45, 2.75) is 13.0 Å². The molecule has 0 radical (unpaired) electrons.